The molecule has 0 aromatic rings. The topological polar surface area (TPSA) is 20.3 Å². The number of halogens is 1. The van der Waals surface area contributed by atoms with Gasteiger partial charge in [-0.15, -0.1) is 0 Å². The highest BCUT2D eigenvalue weighted by molar-refractivity contribution is 5.77. The van der Waals surface area contributed by atoms with Gasteiger partial charge in [-0.05, 0) is 19.3 Å². The van der Waals surface area contributed by atoms with Crippen LogP contribution >= 0.6 is 0 Å². The van der Waals surface area contributed by atoms with Crippen molar-refractivity contribution in [2.45, 2.75) is 19.3 Å². The van der Waals surface area contributed by atoms with Crippen LogP contribution in [0.2, 0.25) is 0 Å². The van der Waals surface area contributed by atoms with Crippen LogP contribution in [0.15, 0.2) is 0 Å². The van der Waals surface area contributed by atoms with E-state index in [0.29, 0.717) is 0 Å². The molecule has 3 heteroatoms. The number of alkyl halides is 1. The van der Waals surface area contributed by atoms with Crippen molar-refractivity contribution in [1.29, 1.82) is 0 Å². The minimum Gasteiger partial charge on any atom is -0.340 e. The fourth-order valence-electron chi connectivity index (χ4n) is 1.23. The van der Waals surface area contributed by atoms with E-state index in [9.17, 15) is 9.18 Å². The minimum absolute atomic E-state index is 0.347. The maximum atomic E-state index is 11.8. The smallest absolute Gasteiger partial charge is 0.253 e. The van der Waals surface area contributed by atoms with Gasteiger partial charge in [0.15, 0.2) is 6.67 Å². The molecule has 0 aliphatic carbocycles. The lowest BCUT2D eigenvalue weighted by Crippen LogP contribution is -2.36. The summed E-state index contributed by atoms with van der Waals surface area (Å²) in [6.07, 6.45) is 3.24. The number of nitrogens with zero attached hydrogens (tertiary/aromatic N) is 1. The van der Waals surface area contributed by atoms with Gasteiger partial charge in [0.2, 0.25) is 0 Å². The molecule has 58 valence electrons. The average molecular weight is 145 g/mol. The summed E-state index contributed by atoms with van der Waals surface area (Å²) in [7, 11) is 0. The van der Waals surface area contributed by atoms with E-state index in [1.54, 1.807) is 4.90 Å². The highest BCUT2D eigenvalue weighted by atomic mass is 19.1. The van der Waals surface area contributed by atoms with Crippen LogP contribution in [0, 0.1) is 0 Å². The molecule has 10 heavy (non-hydrogen) atoms. The van der Waals surface area contributed by atoms with E-state index in [1.165, 1.54) is 6.42 Å². The number of carbonyl (C=O) groups excluding carboxylic acids is 1. The SMILES string of the molecule is O=C(CF)N1CCCCC1. The molecule has 0 atom stereocenters. The zero-order valence-electron chi connectivity index (χ0n) is 5.98. The van der Waals surface area contributed by atoms with E-state index >= 15 is 0 Å². The van der Waals surface area contributed by atoms with Crippen molar-refractivity contribution in [3.8, 4) is 0 Å². The fraction of sp³-hybridized carbons (Fsp3) is 0.857. The first kappa shape index (κ1) is 7.51. The van der Waals surface area contributed by atoms with Crippen LogP contribution in [0.3, 0.4) is 0 Å². The summed E-state index contributed by atoms with van der Waals surface area (Å²) in [5, 5.41) is 0. The predicted molar refractivity (Wildman–Crippen MR) is 36.4 cm³/mol. The lowest BCUT2D eigenvalue weighted by Gasteiger charge is -2.25. The Kier molecular flexibility index (Phi) is 2.66. The van der Waals surface area contributed by atoms with Crippen molar-refractivity contribution in [1.82, 2.24) is 4.90 Å². The summed E-state index contributed by atoms with van der Waals surface area (Å²) in [5.74, 6) is -0.347. The Labute approximate surface area is 60.0 Å². The molecular weight excluding hydrogens is 133 g/mol. The van der Waals surface area contributed by atoms with Crippen molar-refractivity contribution < 1.29 is 9.18 Å². The Morgan fingerprint density at radius 1 is 1.30 bits per heavy atom. The molecule has 2 nitrogen and oxygen atoms in total. The summed E-state index contributed by atoms with van der Waals surface area (Å²) in [6, 6.07) is 0. The number of hydrogen-bond acceptors (Lipinski definition) is 1. The second-order valence-electron chi connectivity index (χ2n) is 2.58. The third-order valence-electron chi connectivity index (χ3n) is 1.82. The molecule has 0 spiro atoms. The third kappa shape index (κ3) is 1.69. The molecule has 1 rings (SSSR count). The van der Waals surface area contributed by atoms with Crippen molar-refractivity contribution in [2.24, 2.45) is 0 Å². The van der Waals surface area contributed by atoms with Crippen molar-refractivity contribution in [2.75, 3.05) is 19.8 Å². The van der Waals surface area contributed by atoms with Crippen molar-refractivity contribution in [3.05, 3.63) is 0 Å². The third-order valence-corrected chi connectivity index (χ3v) is 1.82. The van der Waals surface area contributed by atoms with Crippen LogP contribution < -0.4 is 0 Å². The molecule has 0 unspecified atom stereocenters. The Morgan fingerprint density at radius 3 is 2.40 bits per heavy atom. The first-order valence-corrected chi connectivity index (χ1v) is 3.68. The fourth-order valence-corrected chi connectivity index (χ4v) is 1.23. The van der Waals surface area contributed by atoms with Gasteiger partial charge in [-0.3, -0.25) is 4.79 Å². The molecule has 1 fully saturated rings. The summed E-state index contributed by atoms with van der Waals surface area (Å²) in [4.78, 5) is 12.3. The molecule has 0 saturated carbocycles. The Balaban J connectivity index is 2.31. The standard InChI is InChI=1S/C7H12FNO/c8-6-7(10)9-4-2-1-3-5-9/h1-6H2. The first-order valence-electron chi connectivity index (χ1n) is 3.68. The lowest BCUT2D eigenvalue weighted by molar-refractivity contribution is -0.132. The highest BCUT2D eigenvalue weighted by Crippen LogP contribution is 2.08. The highest BCUT2D eigenvalue weighted by Gasteiger charge is 2.14. The lowest BCUT2D eigenvalue weighted by atomic mass is 10.1. The quantitative estimate of drug-likeness (QED) is 0.538. The molecule has 0 N–H and O–H groups in total. The molecule has 1 aliphatic rings. The van der Waals surface area contributed by atoms with Gasteiger partial charge >= 0.3 is 0 Å². The minimum atomic E-state index is -0.833. The maximum absolute atomic E-state index is 11.8. The van der Waals surface area contributed by atoms with Gasteiger partial charge in [-0.1, -0.05) is 0 Å². The molecule has 0 bridgehead atoms. The van der Waals surface area contributed by atoms with Crippen LogP contribution in [0.25, 0.3) is 0 Å². The normalized spacial score (nSPS) is 19.1. The van der Waals surface area contributed by atoms with Crippen LogP contribution in [-0.2, 0) is 4.79 Å². The number of rotatable bonds is 1. The predicted octanol–water partition coefficient (Wildman–Crippen LogP) is 0.968. The maximum Gasteiger partial charge on any atom is 0.253 e. The van der Waals surface area contributed by atoms with E-state index in [-0.39, 0.29) is 5.91 Å². The average Bonchev–Trinajstić information content (AvgIpc) is 2.05. The second kappa shape index (κ2) is 3.54. The van der Waals surface area contributed by atoms with Gasteiger partial charge in [0.1, 0.15) is 0 Å². The zero-order valence-corrected chi connectivity index (χ0v) is 5.98. The monoisotopic (exact) mass is 145 g/mol. The van der Waals surface area contributed by atoms with E-state index in [4.69, 9.17) is 0 Å². The van der Waals surface area contributed by atoms with Gasteiger partial charge in [-0.2, -0.15) is 0 Å². The first-order chi connectivity index (χ1) is 4.84. The van der Waals surface area contributed by atoms with Crippen molar-refractivity contribution in [3.63, 3.8) is 0 Å². The molecule has 1 saturated heterocycles. The number of amides is 1. The molecule has 1 amide bonds. The van der Waals surface area contributed by atoms with Gasteiger partial charge in [0.05, 0.1) is 0 Å². The van der Waals surface area contributed by atoms with Crippen LogP contribution in [0.4, 0.5) is 4.39 Å². The molecule has 1 aliphatic heterocycles. The number of hydrogen-bond donors (Lipinski definition) is 0. The van der Waals surface area contributed by atoms with E-state index in [0.717, 1.165) is 25.9 Å². The second-order valence-corrected chi connectivity index (χ2v) is 2.58. The molecular formula is C7H12FNO. The molecule has 0 aromatic carbocycles. The largest absolute Gasteiger partial charge is 0.340 e. The van der Waals surface area contributed by atoms with E-state index in [1.807, 2.05) is 0 Å². The van der Waals surface area contributed by atoms with Crippen LogP contribution in [0.5, 0.6) is 0 Å². The molecule has 1 heterocycles. The van der Waals surface area contributed by atoms with Gasteiger partial charge < -0.3 is 4.90 Å². The Morgan fingerprint density at radius 2 is 1.90 bits per heavy atom. The Hall–Kier alpha value is -0.600. The van der Waals surface area contributed by atoms with E-state index in [2.05, 4.69) is 0 Å². The number of carbonyl (C=O) groups is 1. The molecule has 0 aromatic heterocycles. The van der Waals surface area contributed by atoms with Crippen LogP contribution in [0.1, 0.15) is 19.3 Å². The summed E-state index contributed by atoms with van der Waals surface area (Å²) >= 11 is 0. The molecule has 0 radical (unpaired) electrons. The number of likely N-dealkylation sites (tertiary alicyclic amines) is 1. The van der Waals surface area contributed by atoms with Gasteiger partial charge in [0.25, 0.3) is 5.91 Å². The van der Waals surface area contributed by atoms with Crippen LogP contribution in [-0.4, -0.2) is 30.6 Å². The number of piperidine rings is 1. The van der Waals surface area contributed by atoms with Gasteiger partial charge in [-0.25, -0.2) is 4.39 Å². The summed E-state index contributed by atoms with van der Waals surface area (Å²) < 4.78 is 11.8. The van der Waals surface area contributed by atoms with Crippen molar-refractivity contribution >= 4 is 5.91 Å². The van der Waals surface area contributed by atoms with E-state index < -0.39 is 6.67 Å². The summed E-state index contributed by atoms with van der Waals surface area (Å²) in [5.41, 5.74) is 0. The Bertz CT molecular complexity index is 121. The zero-order chi connectivity index (χ0) is 7.40. The van der Waals surface area contributed by atoms with Gasteiger partial charge in [0, 0.05) is 13.1 Å². The summed E-state index contributed by atoms with van der Waals surface area (Å²) in [6.45, 7) is 0.672.